The van der Waals surface area contributed by atoms with Crippen LogP contribution in [0, 0.1) is 0 Å². The van der Waals surface area contributed by atoms with Gasteiger partial charge < -0.3 is 10.2 Å². The summed E-state index contributed by atoms with van der Waals surface area (Å²) in [5, 5.41) is 17.5. The number of hydrogen-bond donors (Lipinski definition) is 3. The fourth-order valence-electron chi connectivity index (χ4n) is 1.25. The van der Waals surface area contributed by atoms with E-state index in [4.69, 9.17) is 10.2 Å². The first-order valence-corrected chi connectivity index (χ1v) is 7.26. The minimum Gasteiger partial charge on any atom is -0.480 e. The van der Waals surface area contributed by atoms with Crippen LogP contribution < -0.4 is 4.72 Å². The molecule has 1 atom stereocenters. The van der Waals surface area contributed by atoms with E-state index in [2.05, 4.69) is 15.9 Å². The van der Waals surface area contributed by atoms with Gasteiger partial charge in [-0.05, 0) is 24.6 Å². The molecule has 0 aromatic heterocycles. The fraction of sp³-hybridized carbons (Fsp3) is 0.300. The molecular formula is C10H12BrNO5S. The van der Waals surface area contributed by atoms with E-state index in [-0.39, 0.29) is 11.3 Å². The molecule has 6 nitrogen and oxygen atoms in total. The highest BCUT2D eigenvalue weighted by atomic mass is 79.9. The van der Waals surface area contributed by atoms with Gasteiger partial charge in [0, 0.05) is 11.1 Å². The van der Waals surface area contributed by atoms with Crippen molar-refractivity contribution in [3.05, 3.63) is 28.7 Å². The van der Waals surface area contributed by atoms with E-state index >= 15 is 0 Å². The zero-order chi connectivity index (χ0) is 13.8. The Balaban J connectivity index is 2.97. The molecule has 0 saturated heterocycles. The normalized spacial score (nSPS) is 13.2. The molecule has 0 unspecified atom stereocenters. The zero-order valence-corrected chi connectivity index (χ0v) is 11.6. The number of carbonyl (C=O) groups is 1. The van der Waals surface area contributed by atoms with Gasteiger partial charge in [0.1, 0.15) is 6.04 Å². The number of benzene rings is 1. The lowest BCUT2D eigenvalue weighted by molar-refractivity contribution is -0.139. The van der Waals surface area contributed by atoms with Crippen LogP contribution in [-0.2, 0) is 14.8 Å². The van der Waals surface area contributed by atoms with Gasteiger partial charge >= 0.3 is 5.97 Å². The number of carboxylic acids is 1. The molecule has 1 aromatic carbocycles. The van der Waals surface area contributed by atoms with Crippen LogP contribution >= 0.6 is 15.9 Å². The summed E-state index contributed by atoms with van der Waals surface area (Å²) in [6, 6.07) is 4.55. The summed E-state index contributed by atoms with van der Waals surface area (Å²) < 4.78 is 26.4. The van der Waals surface area contributed by atoms with E-state index in [1.165, 1.54) is 18.2 Å². The van der Waals surface area contributed by atoms with Gasteiger partial charge in [-0.15, -0.1) is 0 Å². The average molecular weight is 338 g/mol. The minimum absolute atomic E-state index is 0.0407. The van der Waals surface area contributed by atoms with Crippen LogP contribution in [0.1, 0.15) is 6.42 Å². The molecular weight excluding hydrogens is 326 g/mol. The third kappa shape index (κ3) is 4.05. The number of aliphatic carboxylic acids is 1. The molecule has 0 heterocycles. The van der Waals surface area contributed by atoms with Crippen molar-refractivity contribution in [2.45, 2.75) is 17.4 Å². The first-order chi connectivity index (χ1) is 8.36. The second-order valence-corrected chi connectivity index (χ2v) is 6.11. The summed E-state index contributed by atoms with van der Waals surface area (Å²) in [7, 11) is -3.92. The van der Waals surface area contributed by atoms with Crippen molar-refractivity contribution < 1.29 is 23.4 Å². The Morgan fingerprint density at radius 3 is 2.61 bits per heavy atom. The summed E-state index contributed by atoms with van der Waals surface area (Å²) in [6.07, 6.45) is -0.192. The monoisotopic (exact) mass is 337 g/mol. The molecule has 8 heteroatoms. The SMILES string of the molecule is O=C(O)[C@@H](CCO)NS(=O)(=O)c1cccc(Br)c1. The van der Waals surface area contributed by atoms with Gasteiger partial charge in [-0.1, -0.05) is 22.0 Å². The van der Waals surface area contributed by atoms with Crippen molar-refractivity contribution in [3.8, 4) is 0 Å². The molecule has 3 N–H and O–H groups in total. The predicted molar refractivity (Wildman–Crippen MR) is 67.6 cm³/mol. The van der Waals surface area contributed by atoms with Crippen molar-refractivity contribution in [2.75, 3.05) is 6.61 Å². The molecule has 0 amide bonds. The molecule has 0 saturated carbocycles. The van der Waals surface area contributed by atoms with E-state index in [0.29, 0.717) is 4.47 Å². The maximum Gasteiger partial charge on any atom is 0.321 e. The molecule has 1 rings (SSSR count). The molecule has 0 bridgehead atoms. The zero-order valence-electron chi connectivity index (χ0n) is 9.21. The Morgan fingerprint density at radius 1 is 1.44 bits per heavy atom. The lowest BCUT2D eigenvalue weighted by Gasteiger charge is -2.13. The second-order valence-electron chi connectivity index (χ2n) is 3.48. The van der Waals surface area contributed by atoms with Gasteiger partial charge in [-0.25, -0.2) is 8.42 Å². The summed E-state index contributed by atoms with van der Waals surface area (Å²) in [4.78, 5) is 10.8. The largest absolute Gasteiger partial charge is 0.480 e. The van der Waals surface area contributed by atoms with E-state index in [0.717, 1.165) is 0 Å². The van der Waals surface area contributed by atoms with Crippen LogP contribution in [0.4, 0.5) is 0 Å². The summed E-state index contributed by atoms with van der Waals surface area (Å²) in [5.74, 6) is -1.33. The van der Waals surface area contributed by atoms with E-state index in [9.17, 15) is 13.2 Å². The molecule has 1 aromatic rings. The predicted octanol–water partition coefficient (Wildman–Crippen LogP) is 0.563. The number of aliphatic hydroxyl groups is 1. The molecule has 0 spiro atoms. The van der Waals surface area contributed by atoms with E-state index in [1.54, 1.807) is 6.07 Å². The average Bonchev–Trinajstić information content (AvgIpc) is 2.28. The minimum atomic E-state index is -3.92. The van der Waals surface area contributed by atoms with Crippen LogP contribution in [0.25, 0.3) is 0 Å². The lowest BCUT2D eigenvalue weighted by Crippen LogP contribution is -2.41. The molecule has 0 fully saturated rings. The highest BCUT2D eigenvalue weighted by Gasteiger charge is 2.24. The first-order valence-electron chi connectivity index (χ1n) is 4.98. The fourth-order valence-corrected chi connectivity index (χ4v) is 3.07. The number of halogens is 1. The molecule has 0 aliphatic carbocycles. The molecule has 0 aliphatic heterocycles. The summed E-state index contributed by atoms with van der Waals surface area (Å²) >= 11 is 3.13. The van der Waals surface area contributed by atoms with Crippen LogP contribution in [0.2, 0.25) is 0 Å². The Bertz CT molecular complexity index is 531. The van der Waals surface area contributed by atoms with Crippen molar-refractivity contribution in [2.24, 2.45) is 0 Å². The Kier molecular flexibility index (Phi) is 5.27. The van der Waals surface area contributed by atoms with Crippen molar-refractivity contribution >= 4 is 31.9 Å². The van der Waals surface area contributed by atoms with Crippen molar-refractivity contribution in [3.63, 3.8) is 0 Å². The number of rotatable bonds is 6. The highest BCUT2D eigenvalue weighted by molar-refractivity contribution is 9.10. The third-order valence-corrected chi connectivity index (χ3v) is 4.08. The third-order valence-electron chi connectivity index (χ3n) is 2.12. The number of nitrogens with one attached hydrogen (secondary N) is 1. The van der Waals surface area contributed by atoms with Crippen LogP contribution in [0.3, 0.4) is 0 Å². The topological polar surface area (TPSA) is 104 Å². The van der Waals surface area contributed by atoms with Crippen LogP contribution in [-0.4, -0.2) is 37.2 Å². The van der Waals surface area contributed by atoms with Crippen molar-refractivity contribution in [1.82, 2.24) is 4.72 Å². The summed E-state index contributed by atoms with van der Waals surface area (Å²) in [6.45, 7) is -0.419. The lowest BCUT2D eigenvalue weighted by atomic mass is 10.2. The second kappa shape index (κ2) is 6.28. The quantitative estimate of drug-likeness (QED) is 0.703. The standard InChI is InChI=1S/C10H12BrNO5S/c11-7-2-1-3-8(6-7)18(16,17)12-9(4-5-13)10(14)15/h1-3,6,9,12-13H,4-5H2,(H,14,15)/t9-/m1/s1. The Hall–Kier alpha value is -0.960. The maximum absolute atomic E-state index is 11.9. The van der Waals surface area contributed by atoms with Gasteiger partial charge in [0.15, 0.2) is 0 Å². The van der Waals surface area contributed by atoms with Crippen LogP contribution in [0.5, 0.6) is 0 Å². The van der Waals surface area contributed by atoms with Gasteiger partial charge in [0.25, 0.3) is 0 Å². The van der Waals surface area contributed by atoms with E-state index in [1.807, 2.05) is 4.72 Å². The number of hydrogen-bond acceptors (Lipinski definition) is 4. The van der Waals surface area contributed by atoms with Gasteiger partial charge in [-0.2, -0.15) is 4.72 Å². The van der Waals surface area contributed by atoms with Gasteiger partial charge in [-0.3, -0.25) is 4.79 Å². The number of aliphatic hydroxyl groups excluding tert-OH is 1. The molecule has 18 heavy (non-hydrogen) atoms. The van der Waals surface area contributed by atoms with Gasteiger partial charge in [0.05, 0.1) is 4.90 Å². The number of sulfonamides is 1. The molecule has 0 radical (unpaired) electrons. The van der Waals surface area contributed by atoms with E-state index < -0.39 is 28.6 Å². The summed E-state index contributed by atoms with van der Waals surface area (Å²) in [5.41, 5.74) is 0. The molecule has 0 aliphatic rings. The smallest absolute Gasteiger partial charge is 0.321 e. The Morgan fingerprint density at radius 2 is 2.11 bits per heavy atom. The molecule has 100 valence electrons. The van der Waals surface area contributed by atoms with Crippen molar-refractivity contribution in [1.29, 1.82) is 0 Å². The number of carboxylic acid groups (broad SMARTS) is 1. The maximum atomic E-state index is 11.9. The Labute approximate surface area is 113 Å². The van der Waals surface area contributed by atoms with Crippen LogP contribution in [0.15, 0.2) is 33.6 Å². The first kappa shape index (κ1) is 15.1. The van der Waals surface area contributed by atoms with Gasteiger partial charge in [0.2, 0.25) is 10.0 Å². The highest BCUT2D eigenvalue weighted by Crippen LogP contribution is 2.16.